The van der Waals surface area contributed by atoms with Gasteiger partial charge in [-0.3, -0.25) is 4.79 Å². The Morgan fingerprint density at radius 3 is 2.48 bits per heavy atom. The van der Waals surface area contributed by atoms with Gasteiger partial charge in [0.05, 0.1) is 23.4 Å². The molecule has 5 nitrogen and oxygen atoms in total. The van der Waals surface area contributed by atoms with Gasteiger partial charge in [-0.1, -0.05) is 25.4 Å². The average molecular weight is 413 g/mol. The van der Waals surface area contributed by atoms with Crippen LogP contribution in [0.3, 0.4) is 0 Å². The van der Waals surface area contributed by atoms with Crippen molar-refractivity contribution in [2.75, 3.05) is 32.5 Å². The first-order valence-electron chi connectivity index (χ1n) is 8.07. The van der Waals surface area contributed by atoms with Gasteiger partial charge in [-0.15, -0.1) is 24.8 Å². The van der Waals surface area contributed by atoms with E-state index in [1.54, 1.807) is 12.1 Å². The monoisotopic (exact) mass is 411 g/mol. The number of nitrogens with one attached hydrogen (secondary N) is 1. The molecule has 0 atom stereocenters. The normalized spacial score (nSPS) is 15.2. The lowest BCUT2D eigenvalue weighted by atomic mass is 10.0. The van der Waals surface area contributed by atoms with Crippen LogP contribution < -0.4 is 15.8 Å². The summed E-state index contributed by atoms with van der Waals surface area (Å²) in [6.45, 7) is 7.60. The molecule has 1 aromatic rings. The third kappa shape index (κ3) is 6.74. The second-order valence-electron chi connectivity index (χ2n) is 6.52. The highest BCUT2D eigenvalue weighted by molar-refractivity contribution is 6.33. The molecule has 1 aliphatic heterocycles. The number of carbonyl (C=O) groups is 1. The van der Waals surface area contributed by atoms with Crippen molar-refractivity contribution in [3.63, 3.8) is 0 Å². The van der Waals surface area contributed by atoms with Crippen LogP contribution in [0.25, 0.3) is 0 Å². The van der Waals surface area contributed by atoms with Crippen LogP contribution in [0.2, 0.25) is 5.02 Å². The number of piperidine rings is 1. The number of nitrogen functional groups attached to an aromatic ring is 1. The summed E-state index contributed by atoms with van der Waals surface area (Å²) in [4.78, 5) is 15.0. The van der Waals surface area contributed by atoms with Gasteiger partial charge in [0.2, 0.25) is 0 Å². The maximum Gasteiger partial charge on any atom is 0.255 e. The third-order valence-corrected chi connectivity index (χ3v) is 4.44. The average Bonchev–Trinajstić information content (AvgIpc) is 2.50. The zero-order valence-corrected chi connectivity index (χ0v) is 17.3. The topological polar surface area (TPSA) is 67.6 Å². The van der Waals surface area contributed by atoms with Crippen molar-refractivity contribution in [2.24, 2.45) is 5.92 Å². The predicted molar refractivity (Wildman–Crippen MR) is 109 cm³/mol. The Morgan fingerprint density at radius 2 is 1.96 bits per heavy atom. The molecule has 0 spiro atoms. The molecule has 0 saturated carbocycles. The molecular formula is C17H28Cl3N3O2. The molecule has 3 N–H and O–H groups in total. The molecule has 1 fully saturated rings. The van der Waals surface area contributed by atoms with Gasteiger partial charge in [0, 0.05) is 31.7 Å². The number of halogens is 3. The molecule has 0 unspecified atom stereocenters. The zero-order valence-electron chi connectivity index (χ0n) is 14.9. The maximum absolute atomic E-state index is 12.5. The minimum atomic E-state index is -0.161. The van der Waals surface area contributed by atoms with Gasteiger partial charge >= 0.3 is 0 Å². The second-order valence-corrected chi connectivity index (χ2v) is 6.92. The van der Waals surface area contributed by atoms with Gasteiger partial charge in [0.1, 0.15) is 5.75 Å². The van der Waals surface area contributed by atoms with Crippen molar-refractivity contribution in [2.45, 2.75) is 32.7 Å². The zero-order chi connectivity index (χ0) is 17.0. The van der Waals surface area contributed by atoms with E-state index in [1.165, 1.54) is 7.11 Å². The van der Waals surface area contributed by atoms with Crippen LogP contribution >= 0.6 is 36.4 Å². The Balaban J connectivity index is 0.00000288. The smallest absolute Gasteiger partial charge is 0.255 e. The summed E-state index contributed by atoms with van der Waals surface area (Å²) in [5.41, 5.74) is 6.59. The van der Waals surface area contributed by atoms with Crippen molar-refractivity contribution in [1.29, 1.82) is 0 Å². The molecule has 25 heavy (non-hydrogen) atoms. The number of ether oxygens (including phenoxy) is 1. The number of nitrogens with two attached hydrogens (primary N) is 1. The fraction of sp³-hybridized carbons (Fsp3) is 0.588. The fourth-order valence-corrected chi connectivity index (χ4v) is 3.12. The Hall–Kier alpha value is -0.880. The minimum Gasteiger partial charge on any atom is -0.496 e. The van der Waals surface area contributed by atoms with Crippen LogP contribution in [0.5, 0.6) is 5.75 Å². The lowest BCUT2D eigenvalue weighted by molar-refractivity contribution is 0.0904. The van der Waals surface area contributed by atoms with E-state index in [1.807, 2.05) is 0 Å². The summed E-state index contributed by atoms with van der Waals surface area (Å²) >= 11 is 6.03. The van der Waals surface area contributed by atoms with Crippen LogP contribution in [0.4, 0.5) is 5.69 Å². The first kappa shape index (κ1) is 24.1. The van der Waals surface area contributed by atoms with Crippen molar-refractivity contribution in [1.82, 2.24) is 10.2 Å². The van der Waals surface area contributed by atoms with Gasteiger partial charge in [-0.05, 0) is 24.8 Å². The summed E-state index contributed by atoms with van der Waals surface area (Å²) in [6.07, 6.45) is 1.92. The minimum absolute atomic E-state index is 0. The van der Waals surface area contributed by atoms with Crippen LogP contribution in [-0.2, 0) is 0 Å². The SMILES string of the molecule is COc1cc(N)c(Cl)cc1C(=O)NC1CCN(CC(C)C)CC1.Cl.Cl. The number of rotatable bonds is 5. The molecule has 1 aliphatic rings. The molecule has 1 heterocycles. The molecule has 0 bridgehead atoms. The number of benzene rings is 1. The molecule has 1 saturated heterocycles. The largest absolute Gasteiger partial charge is 0.496 e. The van der Waals surface area contributed by atoms with E-state index in [0.29, 0.717) is 27.9 Å². The van der Waals surface area contributed by atoms with E-state index in [0.717, 1.165) is 32.5 Å². The summed E-state index contributed by atoms with van der Waals surface area (Å²) in [6, 6.07) is 3.34. The van der Waals surface area contributed by atoms with E-state index >= 15 is 0 Å². The van der Waals surface area contributed by atoms with Crippen molar-refractivity contribution >= 4 is 48.0 Å². The Bertz CT molecular complexity index is 562. The van der Waals surface area contributed by atoms with E-state index in [9.17, 15) is 4.79 Å². The number of hydrogen-bond donors (Lipinski definition) is 2. The van der Waals surface area contributed by atoms with Crippen molar-refractivity contribution in [3.8, 4) is 5.75 Å². The van der Waals surface area contributed by atoms with E-state index < -0.39 is 0 Å². The number of amides is 1. The lowest BCUT2D eigenvalue weighted by Gasteiger charge is -2.33. The third-order valence-electron chi connectivity index (χ3n) is 4.11. The molecule has 0 radical (unpaired) electrons. The molecule has 144 valence electrons. The maximum atomic E-state index is 12.5. The predicted octanol–water partition coefficient (Wildman–Crippen LogP) is 3.62. The van der Waals surface area contributed by atoms with Crippen molar-refractivity contribution in [3.05, 3.63) is 22.7 Å². The molecule has 0 aliphatic carbocycles. The first-order chi connectivity index (χ1) is 10.9. The van der Waals surface area contributed by atoms with Gasteiger partial charge in [0.25, 0.3) is 5.91 Å². The first-order valence-corrected chi connectivity index (χ1v) is 8.44. The summed E-state index contributed by atoms with van der Waals surface area (Å²) < 4.78 is 5.24. The Labute approximate surface area is 167 Å². The summed E-state index contributed by atoms with van der Waals surface area (Å²) in [5, 5.41) is 3.45. The molecule has 0 aromatic heterocycles. The molecule has 8 heteroatoms. The van der Waals surface area contributed by atoms with Crippen LogP contribution in [0.15, 0.2) is 12.1 Å². The molecule has 2 rings (SSSR count). The second kappa shape index (κ2) is 11.0. The van der Waals surface area contributed by atoms with Gasteiger partial charge < -0.3 is 20.7 Å². The highest BCUT2D eigenvalue weighted by atomic mass is 35.5. The van der Waals surface area contributed by atoms with Crippen LogP contribution in [0, 0.1) is 5.92 Å². The lowest BCUT2D eigenvalue weighted by Crippen LogP contribution is -2.45. The number of methoxy groups -OCH3 is 1. The summed E-state index contributed by atoms with van der Waals surface area (Å²) in [5.74, 6) is 0.954. The van der Waals surface area contributed by atoms with E-state index in [-0.39, 0.29) is 36.8 Å². The molecule has 1 aromatic carbocycles. The Kier molecular flexibility index (Phi) is 10.6. The van der Waals surface area contributed by atoms with Crippen LogP contribution in [0.1, 0.15) is 37.0 Å². The molecule has 1 amide bonds. The number of nitrogens with zero attached hydrogens (tertiary/aromatic N) is 1. The molecular weight excluding hydrogens is 385 g/mol. The highest BCUT2D eigenvalue weighted by Crippen LogP contribution is 2.29. The number of anilines is 1. The summed E-state index contributed by atoms with van der Waals surface area (Å²) in [7, 11) is 1.52. The number of likely N-dealkylation sites (tertiary alicyclic amines) is 1. The van der Waals surface area contributed by atoms with E-state index in [4.69, 9.17) is 22.1 Å². The highest BCUT2D eigenvalue weighted by Gasteiger charge is 2.23. The van der Waals surface area contributed by atoms with E-state index in [2.05, 4.69) is 24.1 Å². The van der Waals surface area contributed by atoms with Gasteiger partial charge in [-0.25, -0.2) is 0 Å². The van der Waals surface area contributed by atoms with Crippen molar-refractivity contribution < 1.29 is 9.53 Å². The fourth-order valence-electron chi connectivity index (χ4n) is 2.95. The van der Waals surface area contributed by atoms with Gasteiger partial charge in [0.15, 0.2) is 0 Å². The van der Waals surface area contributed by atoms with Gasteiger partial charge in [-0.2, -0.15) is 0 Å². The number of carbonyl (C=O) groups excluding carboxylic acids is 1. The Morgan fingerprint density at radius 1 is 1.36 bits per heavy atom. The standard InChI is InChI=1S/C17H26ClN3O2.2ClH/c1-11(2)10-21-6-4-12(5-7-21)20-17(22)13-8-14(18)15(19)9-16(13)23-3;;/h8-9,11-12H,4-7,10,19H2,1-3H3,(H,20,22);2*1H. The quantitative estimate of drug-likeness (QED) is 0.725. The number of hydrogen-bond acceptors (Lipinski definition) is 4. The van der Waals surface area contributed by atoms with Crippen LogP contribution in [-0.4, -0.2) is 43.6 Å².